The number of amides is 1. The van der Waals surface area contributed by atoms with E-state index in [1.807, 2.05) is 13.8 Å². The third-order valence-corrected chi connectivity index (χ3v) is 3.48. The van der Waals surface area contributed by atoms with Crippen LogP contribution < -0.4 is 10.1 Å². The van der Waals surface area contributed by atoms with Gasteiger partial charge in [-0.2, -0.15) is 0 Å². The second-order valence-electron chi connectivity index (χ2n) is 5.14. The van der Waals surface area contributed by atoms with E-state index in [-0.39, 0.29) is 12.0 Å². The predicted molar refractivity (Wildman–Crippen MR) is 74.7 cm³/mol. The smallest absolute Gasteiger partial charge is 0.307 e. The van der Waals surface area contributed by atoms with E-state index in [1.165, 1.54) is 0 Å². The molecular weight excluding hydrogens is 258 g/mol. The maximum Gasteiger partial charge on any atom is 0.307 e. The summed E-state index contributed by atoms with van der Waals surface area (Å²) < 4.78 is 5.64. The van der Waals surface area contributed by atoms with Crippen molar-refractivity contribution in [2.24, 2.45) is 11.8 Å². The Labute approximate surface area is 117 Å². The molecule has 0 aliphatic heterocycles. The van der Waals surface area contributed by atoms with E-state index in [0.29, 0.717) is 12.1 Å². The Balaban J connectivity index is 1.88. The summed E-state index contributed by atoms with van der Waals surface area (Å²) in [5, 5.41) is 11.5. The SMILES string of the molecule is CC[C@H](C)Oc1ccc(NC(=O)[C@@H]2C[C@@H]2C(=O)O)cc1. The lowest BCUT2D eigenvalue weighted by Crippen LogP contribution is -2.16. The first-order valence-corrected chi connectivity index (χ1v) is 6.81. The van der Waals surface area contributed by atoms with E-state index in [9.17, 15) is 9.59 Å². The summed E-state index contributed by atoms with van der Waals surface area (Å²) in [7, 11) is 0. The summed E-state index contributed by atoms with van der Waals surface area (Å²) in [5.74, 6) is -1.30. The lowest BCUT2D eigenvalue weighted by molar-refractivity contribution is -0.139. The van der Waals surface area contributed by atoms with Gasteiger partial charge in [-0.05, 0) is 44.0 Å². The molecule has 2 N–H and O–H groups in total. The number of carboxylic acids is 1. The van der Waals surface area contributed by atoms with Crippen LogP contribution in [0.4, 0.5) is 5.69 Å². The highest BCUT2D eigenvalue weighted by molar-refractivity contribution is 5.98. The molecule has 20 heavy (non-hydrogen) atoms. The molecular formula is C15H19NO4. The summed E-state index contributed by atoms with van der Waals surface area (Å²) in [4.78, 5) is 22.5. The maximum absolute atomic E-state index is 11.8. The second-order valence-corrected chi connectivity index (χ2v) is 5.14. The number of hydrogen-bond donors (Lipinski definition) is 2. The van der Waals surface area contributed by atoms with Gasteiger partial charge in [0.1, 0.15) is 5.75 Å². The maximum atomic E-state index is 11.8. The molecule has 1 aromatic carbocycles. The van der Waals surface area contributed by atoms with Crippen molar-refractivity contribution in [3.63, 3.8) is 0 Å². The summed E-state index contributed by atoms with van der Waals surface area (Å²) in [6.45, 7) is 4.04. The molecule has 1 amide bonds. The number of aliphatic carboxylic acids is 1. The van der Waals surface area contributed by atoms with Gasteiger partial charge >= 0.3 is 5.97 Å². The average Bonchev–Trinajstić information content (AvgIpc) is 3.21. The molecule has 0 heterocycles. The predicted octanol–water partition coefficient (Wildman–Crippen LogP) is 2.52. The molecule has 3 atom stereocenters. The van der Waals surface area contributed by atoms with Gasteiger partial charge in [0.25, 0.3) is 0 Å². The minimum Gasteiger partial charge on any atom is -0.491 e. The highest BCUT2D eigenvalue weighted by atomic mass is 16.5. The number of nitrogens with one attached hydrogen (secondary N) is 1. The van der Waals surface area contributed by atoms with Crippen LogP contribution in [-0.4, -0.2) is 23.1 Å². The standard InChI is InChI=1S/C15H19NO4/c1-3-9(2)20-11-6-4-10(5-7-11)16-14(17)12-8-13(12)15(18)19/h4-7,9,12-13H,3,8H2,1-2H3,(H,16,17)(H,18,19)/t9-,12+,13-/m0/s1. The normalized spacial score (nSPS) is 21.9. The lowest BCUT2D eigenvalue weighted by atomic mass is 10.2. The monoisotopic (exact) mass is 277 g/mol. The van der Waals surface area contributed by atoms with E-state index in [2.05, 4.69) is 5.32 Å². The number of benzene rings is 1. The second kappa shape index (κ2) is 5.94. The summed E-state index contributed by atoms with van der Waals surface area (Å²) in [5.41, 5.74) is 0.655. The number of carboxylic acid groups (broad SMARTS) is 1. The van der Waals surface area contributed by atoms with Crippen molar-refractivity contribution in [2.75, 3.05) is 5.32 Å². The average molecular weight is 277 g/mol. The third-order valence-electron chi connectivity index (χ3n) is 3.48. The molecule has 5 heteroatoms. The van der Waals surface area contributed by atoms with Crippen LogP contribution in [0.25, 0.3) is 0 Å². The largest absolute Gasteiger partial charge is 0.491 e. The van der Waals surface area contributed by atoms with Crippen molar-refractivity contribution in [3.05, 3.63) is 24.3 Å². The van der Waals surface area contributed by atoms with Crippen LogP contribution in [0.1, 0.15) is 26.7 Å². The van der Waals surface area contributed by atoms with Gasteiger partial charge in [0.2, 0.25) is 5.91 Å². The van der Waals surface area contributed by atoms with Crippen LogP contribution in [0.2, 0.25) is 0 Å². The van der Waals surface area contributed by atoms with Crippen molar-refractivity contribution in [1.82, 2.24) is 0 Å². The van der Waals surface area contributed by atoms with Crippen LogP contribution in [-0.2, 0) is 9.59 Å². The van der Waals surface area contributed by atoms with Crippen LogP contribution >= 0.6 is 0 Å². The van der Waals surface area contributed by atoms with Crippen LogP contribution in [0.15, 0.2) is 24.3 Å². The Hall–Kier alpha value is -2.04. The van der Waals surface area contributed by atoms with Gasteiger partial charge in [-0.25, -0.2) is 0 Å². The molecule has 0 aromatic heterocycles. The number of carbonyl (C=O) groups is 2. The molecule has 1 fully saturated rings. The van der Waals surface area contributed by atoms with Gasteiger partial charge in [-0.15, -0.1) is 0 Å². The fourth-order valence-electron chi connectivity index (χ4n) is 1.93. The summed E-state index contributed by atoms with van der Waals surface area (Å²) >= 11 is 0. The molecule has 0 saturated heterocycles. The van der Waals surface area contributed by atoms with E-state index in [4.69, 9.17) is 9.84 Å². The Morgan fingerprint density at radius 3 is 2.50 bits per heavy atom. The third kappa shape index (κ3) is 3.50. The van der Waals surface area contributed by atoms with Gasteiger partial charge in [0.15, 0.2) is 0 Å². The summed E-state index contributed by atoms with van der Waals surface area (Å²) in [6.07, 6.45) is 1.51. The van der Waals surface area contributed by atoms with E-state index >= 15 is 0 Å². The molecule has 0 radical (unpaired) electrons. The van der Waals surface area contributed by atoms with Gasteiger partial charge in [-0.1, -0.05) is 6.92 Å². The molecule has 0 bridgehead atoms. The molecule has 2 rings (SSSR count). The molecule has 0 unspecified atom stereocenters. The van der Waals surface area contributed by atoms with Gasteiger partial charge in [0, 0.05) is 5.69 Å². The highest BCUT2D eigenvalue weighted by Crippen LogP contribution is 2.39. The number of rotatable bonds is 6. The van der Waals surface area contributed by atoms with Gasteiger partial charge in [0.05, 0.1) is 17.9 Å². The Morgan fingerprint density at radius 2 is 2.00 bits per heavy atom. The zero-order valence-electron chi connectivity index (χ0n) is 11.6. The van der Waals surface area contributed by atoms with Crippen LogP contribution in [0, 0.1) is 11.8 Å². The van der Waals surface area contributed by atoms with Crippen LogP contribution in [0.5, 0.6) is 5.75 Å². The minimum absolute atomic E-state index is 0.151. The quantitative estimate of drug-likeness (QED) is 0.837. The number of anilines is 1. The number of hydrogen-bond acceptors (Lipinski definition) is 3. The Kier molecular flexibility index (Phi) is 4.27. The number of ether oxygens (including phenoxy) is 1. The Bertz CT molecular complexity index is 497. The minimum atomic E-state index is -0.901. The fourth-order valence-corrected chi connectivity index (χ4v) is 1.93. The molecule has 0 spiro atoms. The molecule has 1 aliphatic rings. The first-order chi connectivity index (χ1) is 9.51. The fraction of sp³-hybridized carbons (Fsp3) is 0.467. The Morgan fingerprint density at radius 1 is 1.35 bits per heavy atom. The highest BCUT2D eigenvalue weighted by Gasteiger charge is 2.48. The van der Waals surface area contributed by atoms with Crippen molar-refractivity contribution in [3.8, 4) is 5.75 Å². The molecule has 108 valence electrons. The first kappa shape index (κ1) is 14.4. The molecule has 5 nitrogen and oxygen atoms in total. The number of carbonyl (C=O) groups excluding carboxylic acids is 1. The van der Waals surface area contributed by atoms with Crippen molar-refractivity contribution in [1.29, 1.82) is 0 Å². The van der Waals surface area contributed by atoms with E-state index in [1.54, 1.807) is 24.3 Å². The zero-order chi connectivity index (χ0) is 14.7. The van der Waals surface area contributed by atoms with Crippen molar-refractivity contribution in [2.45, 2.75) is 32.8 Å². The van der Waals surface area contributed by atoms with Crippen LogP contribution in [0.3, 0.4) is 0 Å². The summed E-state index contributed by atoms with van der Waals surface area (Å²) in [6, 6.07) is 7.11. The topological polar surface area (TPSA) is 75.6 Å². The molecule has 1 aliphatic carbocycles. The van der Waals surface area contributed by atoms with E-state index < -0.39 is 17.8 Å². The van der Waals surface area contributed by atoms with Gasteiger partial charge < -0.3 is 15.2 Å². The first-order valence-electron chi connectivity index (χ1n) is 6.81. The van der Waals surface area contributed by atoms with E-state index in [0.717, 1.165) is 12.2 Å². The molecule has 1 saturated carbocycles. The molecule has 1 aromatic rings. The van der Waals surface area contributed by atoms with Gasteiger partial charge in [-0.3, -0.25) is 9.59 Å². The van der Waals surface area contributed by atoms with Crippen molar-refractivity contribution >= 4 is 17.6 Å². The zero-order valence-corrected chi connectivity index (χ0v) is 11.6. The lowest BCUT2D eigenvalue weighted by Gasteiger charge is -2.13. The van der Waals surface area contributed by atoms with Crippen molar-refractivity contribution < 1.29 is 19.4 Å².